The van der Waals surface area contributed by atoms with E-state index >= 15 is 0 Å². The molecule has 0 radical (unpaired) electrons. The lowest BCUT2D eigenvalue weighted by Gasteiger charge is -2.37. The maximum Gasteiger partial charge on any atom is 0.270 e. The van der Waals surface area contributed by atoms with Crippen LogP contribution in [0.5, 0.6) is 0 Å². The van der Waals surface area contributed by atoms with E-state index in [9.17, 15) is 14.9 Å². The zero-order valence-corrected chi connectivity index (χ0v) is 11.7. The number of nitro groups is 1. The van der Waals surface area contributed by atoms with Crippen molar-refractivity contribution >= 4 is 17.3 Å². The van der Waals surface area contributed by atoms with Crippen LogP contribution in [0.3, 0.4) is 0 Å². The Morgan fingerprint density at radius 3 is 2.45 bits per heavy atom. The largest absolute Gasteiger partial charge is 0.370 e. The Bertz CT molecular complexity index is 534. The van der Waals surface area contributed by atoms with Crippen molar-refractivity contribution in [2.75, 3.05) is 18.0 Å². The summed E-state index contributed by atoms with van der Waals surface area (Å²) in [6.45, 7) is 6.00. The summed E-state index contributed by atoms with van der Waals surface area (Å²) < 4.78 is 0. The third kappa shape index (κ3) is 2.89. The van der Waals surface area contributed by atoms with Crippen LogP contribution in [0, 0.1) is 22.0 Å². The summed E-state index contributed by atoms with van der Waals surface area (Å²) in [5.41, 5.74) is 6.18. The summed E-state index contributed by atoms with van der Waals surface area (Å²) in [6, 6.07) is 4.32. The molecule has 0 bridgehead atoms. The second-order valence-electron chi connectivity index (χ2n) is 5.67. The van der Waals surface area contributed by atoms with Gasteiger partial charge in [0.2, 0.25) is 0 Å². The molecule has 0 spiro atoms. The van der Waals surface area contributed by atoms with Crippen LogP contribution in [0.1, 0.15) is 30.6 Å². The molecule has 2 atom stereocenters. The number of nitro benzene ring substituents is 1. The molecular formula is C14H19N3O3. The number of amides is 1. The number of rotatable bonds is 3. The van der Waals surface area contributed by atoms with Gasteiger partial charge in [-0.25, -0.2) is 0 Å². The van der Waals surface area contributed by atoms with Crippen molar-refractivity contribution in [3.05, 3.63) is 33.9 Å². The molecular weight excluding hydrogens is 258 g/mol. The molecule has 20 heavy (non-hydrogen) atoms. The fraction of sp³-hybridized carbons (Fsp3) is 0.500. The molecule has 6 nitrogen and oxygen atoms in total. The molecule has 2 N–H and O–H groups in total. The molecule has 0 saturated carbocycles. The van der Waals surface area contributed by atoms with Crippen LogP contribution in [0.15, 0.2) is 18.2 Å². The third-order valence-corrected chi connectivity index (χ3v) is 3.67. The van der Waals surface area contributed by atoms with Gasteiger partial charge in [0.25, 0.3) is 11.6 Å². The molecule has 1 aromatic rings. The van der Waals surface area contributed by atoms with Gasteiger partial charge in [-0.2, -0.15) is 0 Å². The monoisotopic (exact) mass is 277 g/mol. The number of non-ortho nitro benzene ring substituents is 1. The molecule has 1 saturated heterocycles. The molecule has 1 heterocycles. The fourth-order valence-corrected chi connectivity index (χ4v) is 2.97. The van der Waals surface area contributed by atoms with Gasteiger partial charge in [0.05, 0.1) is 16.2 Å². The van der Waals surface area contributed by atoms with E-state index in [4.69, 9.17) is 5.73 Å². The van der Waals surface area contributed by atoms with Crippen LogP contribution < -0.4 is 10.6 Å². The van der Waals surface area contributed by atoms with Gasteiger partial charge in [0, 0.05) is 25.2 Å². The number of benzene rings is 1. The van der Waals surface area contributed by atoms with E-state index in [0.717, 1.165) is 19.5 Å². The maximum atomic E-state index is 11.6. The molecule has 108 valence electrons. The van der Waals surface area contributed by atoms with Gasteiger partial charge in [-0.05, 0) is 24.3 Å². The molecule has 0 unspecified atom stereocenters. The first-order chi connectivity index (χ1) is 9.38. The average Bonchev–Trinajstić information content (AvgIpc) is 2.36. The van der Waals surface area contributed by atoms with E-state index in [1.165, 1.54) is 12.1 Å². The minimum atomic E-state index is -0.630. The Labute approximate surface area is 117 Å². The zero-order chi connectivity index (χ0) is 14.9. The van der Waals surface area contributed by atoms with Crippen molar-refractivity contribution in [3.8, 4) is 0 Å². The quantitative estimate of drug-likeness (QED) is 0.677. The lowest BCUT2D eigenvalue weighted by molar-refractivity contribution is -0.384. The van der Waals surface area contributed by atoms with Crippen LogP contribution in [0.4, 0.5) is 11.4 Å². The number of anilines is 1. The number of hydrogen-bond donors (Lipinski definition) is 1. The molecule has 6 heteroatoms. The Kier molecular flexibility index (Phi) is 3.92. The molecule has 1 amide bonds. The number of piperidine rings is 1. The first-order valence-corrected chi connectivity index (χ1v) is 6.71. The van der Waals surface area contributed by atoms with Crippen LogP contribution in [-0.4, -0.2) is 23.9 Å². The summed E-state index contributed by atoms with van der Waals surface area (Å²) >= 11 is 0. The van der Waals surface area contributed by atoms with Gasteiger partial charge < -0.3 is 10.6 Å². The van der Waals surface area contributed by atoms with Crippen LogP contribution in [-0.2, 0) is 0 Å². The molecule has 2 rings (SSSR count). The van der Waals surface area contributed by atoms with E-state index in [2.05, 4.69) is 18.7 Å². The first kappa shape index (κ1) is 14.3. The summed E-state index contributed by atoms with van der Waals surface area (Å²) in [6.07, 6.45) is 1.15. The highest BCUT2D eigenvalue weighted by Crippen LogP contribution is 2.30. The Morgan fingerprint density at radius 2 is 1.95 bits per heavy atom. The minimum Gasteiger partial charge on any atom is -0.370 e. The molecule has 1 fully saturated rings. The lowest BCUT2D eigenvalue weighted by Crippen LogP contribution is -2.39. The second kappa shape index (κ2) is 5.48. The highest BCUT2D eigenvalue weighted by atomic mass is 16.6. The summed E-state index contributed by atoms with van der Waals surface area (Å²) in [5, 5.41) is 10.8. The molecule has 0 aliphatic carbocycles. The summed E-state index contributed by atoms with van der Waals surface area (Å²) in [4.78, 5) is 24.0. The number of nitrogens with zero attached hydrogens (tertiary/aromatic N) is 2. The van der Waals surface area contributed by atoms with Crippen molar-refractivity contribution in [3.63, 3.8) is 0 Å². The molecule has 1 aliphatic rings. The van der Waals surface area contributed by atoms with Crippen LogP contribution >= 0.6 is 0 Å². The van der Waals surface area contributed by atoms with Crippen molar-refractivity contribution in [1.82, 2.24) is 0 Å². The Morgan fingerprint density at radius 1 is 1.35 bits per heavy atom. The van der Waals surface area contributed by atoms with Gasteiger partial charge >= 0.3 is 0 Å². The topological polar surface area (TPSA) is 89.5 Å². The highest BCUT2D eigenvalue weighted by Gasteiger charge is 2.25. The molecule has 1 aromatic carbocycles. The Balaban J connectivity index is 2.40. The SMILES string of the molecule is C[C@@H]1C[C@H](C)CN(c2ccc([N+](=O)[O-])cc2C(N)=O)C1. The van der Waals surface area contributed by atoms with E-state index in [1.54, 1.807) is 6.07 Å². The number of nitrogens with two attached hydrogens (primary N) is 1. The fourth-order valence-electron chi connectivity index (χ4n) is 2.97. The summed E-state index contributed by atoms with van der Waals surface area (Å²) in [7, 11) is 0. The maximum absolute atomic E-state index is 11.6. The normalized spacial score (nSPS) is 22.6. The van der Waals surface area contributed by atoms with Crippen LogP contribution in [0.25, 0.3) is 0 Å². The van der Waals surface area contributed by atoms with E-state index in [0.29, 0.717) is 17.5 Å². The van der Waals surface area contributed by atoms with Crippen LogP contribution in [0.2, 0.25) is 0 Å². The number of carbonyl (C=O) groups is 1. The van der Waals surface area contributed by atoms with Crippen molar-refractivity contribution in [2.45, 2.75) is 20.3 Å². The average molecular weight is 277 g/mol. The smallest absolute Gasteiger partial charge is 0.270 e. The second-order valence-corrected chi connectivity index (χ2v) is 5.67. The van der Waals surface area contributed by atoms with E-state index in [-0.39, 0.29) is 11.3 Å². The number of primary amides is 1. The van der Waals surface area contributed by atoms with Gasteiger partial charge in [-0.3, -0.25) is 14.9 Å². The molecule has 0 aromatic heterocycles. The van der Waals surface area contributed by atoms with Crippen molar-refractivity contribution < 1.29 is 9.72 Å². The van der Waals surface area contributed by atoms with E-state index in [1.807, 2.05) is 0 Å². The minimum absolute atomic E-state index is 0.111. The van der Waals surface area contributed by atoms with Gasteiger partial charge in [0.1, 0.15) is 0 Å². The lowest BCUT2D eigenvalue weighted by atomic mass is 9.91. The van der Waals surface area contributed by atoms with E-state index < -0.39 is 10.8 Å². The van der Waals surface area contributed by atoms with Gasteiger partial charge in [0.15, 0.2) is 0 Å². The van der Waals surface area contributed by atoms with Crippen molar-refractivity contribution in [2.24, 2.45) is 17.6 Å². The number of hydrogen-bond acceptors (Lipinski definition) is 4. The highest BCUT2D eigenvalue weighted by molar-refractivity contribution is 5.99. The third-order valence-electron chi connectivity index (χ3n) is 3.67. The zero-order valence-electron chi connectivity index (χ0n) is 11.7. The first-order valence-electron chi connectivity index (χ1n) is 6.71. The van der Waals surface area contributed by atoms with Gasteiger partial charge in [-0.15, -0.1) is 0 Å². The number of carbonyl (C=O) groups excluding carboxylic acids is 1. The van der Waals surface area contributed by atoms with Crippen molar-refractivity contribution in [1.29, 1.82) is 0 Å². The standard InChI is InChI=1S/C14H19N3O3/c1-9-5-10(2)8-16(7-9)13-4-3-11(17(19)20)6-12(13)14(15)18/h3-4,6,9-10H,5,7-8H2,1-2H3,(H2,15,18)/t9-,10+. The summed E-state index contributed by atoms with van der Waals surface area (Å²) in [5.74, 6) is 0.416. The van der Waals surface area contributed by atoms with Gasteiger partial charge in [-0.1, -0.05) is 13.8 Å². The molecule has 1 aliphatic heterocycles. The Hall–Kier alpha value is -2.11. The predicted molar refractivity (Wildman–Crippen MR) is 76.8 cm³/mol. The predicted octanol–water partition coefficient (Wildman–Crippen LogP) is 2.18.